The minimum Gasteiger partial charge on any atom is -0.455 e. The van der Waals surface area contributed by atoms with Crippen LogP contribution in [-0.4, -0.2) is 17.2 Å². The summed E-state index contributed by atoms with van der Waals surface area (Å²) in [7, 11) is 0. The van der Waals surface area contributed by atoms with Gasteiger partial charge in [-0.1, -0.05) is 12.1 Å². The van der Waals surface area contributed by atoms with Crippen molar-refractivity contribution in [2.24, 2.45) is 0 Å². The molecule has 0 radical (unpaired) electrons. The van der Waals surface area contributed by atoms with Crippen molar-refractivity contribution < 1.29 is 9.53 Å². The number of nitrogens with zero attached hydrogens (tertiary/aromatic N) is 1. The highest BCUT2D eigenvalue weighted by Crippen LogP contribution is 2.22. The van der Waals surface area contributed by atoms with Gasteiger partial charge in [-0.2, -0.15) is 0 Å². The highest BCUT2D eigenvalue weighted by atomic mass is 32.2. The highest BCUT2D eigenvalue weighted by molar-refractivity contribution is 7.98. The highest BCUT2D eigenvalue weighted by Gasteiger charge is 2.09. The number of hydrogen-bond donors (Lipinski definition) is 0. The first-order valence-electron chi connectivity index (χ1n) is 6.42. The fourth-order valence-corrected chi connectivity index (χ4v) is 3.21. The molecule has 3 aromatic rings. The summed E-state index contributed by atoms with van der Waals surface area (Å²) >= 11 is 3.19. The fourth-order valence-electron chi connectivity index (χ4n) is 1.92. The van der Waals surface area contributed by atoms with Crippen LogP contribution in [0.2, 0.25) is 0 Å². The molecular formula is C16H13NO2S2. The molecule has 0 N–H and O–H groups in total. The summed E-state index contributed by atoms with van der Waals surface area (Å²) in [6.45, 7) is 0.211. The van der Waals surface area contributed by atoms with E-state index in [-0.39, 0.29) is 12.6 Å². The number of carbonyl (C=O) groups is 1. The molecule has 0 unspecified atom stereocenters. The summed E-state index contributed by atoms with van der Waals surface area (Å²) < 4.78 is 6.42. The molecule has 0 aliphatic carbocycles. The van der Waals surface area contributed by atoms with Crippen LogP contribution in [0.1, 0.15) is 15.4 Å². The third-order valence-corrected chi connectivity index (χ3v) is 4.74. The number of esters is 1. The van der Waals surface area contributed by atoms with Gasteiger partial charge in [-0.3, -0.25) is 0 Å². The second-order valence-corrected chi connectivity index (χ2v) is 6.37. The second-order valence-electron chi connectivity index (χ2n) is 4.38. The maximum Gasteiger partial charge on any atom is 0.338 e. The van der Waals surface area contributed by atoms with Gasteiger partial charge in [0.2, 0.25) is 0 Å². The lowest BCUT2D eigenvalue weighted by Gasteiger charge is -2.03. The van der Waals surface area contributed by atoms with Crippen LogP contribution >= 0.6 is 23.1 Å². The summed E-state index contributed by atoms with van der Waals surface area (Å²) in [5, 5.41) is 0.810. The van der Waals surface area contributed by atoms with E-state index >= 15 is 0 Å². The number of aromatic nitrogens is 1. The Morgan fingerprint density at radius 3 is 2.67 bits per heavy atom. The van der Waals surface area contributed by atoms with Gasteiger partial charge in [0.05, 0.1) is 15.8 Å². The van der Waals surface area contributed by atoms with Crippen molar-refractivity contribution in [2.45, 2.75) is 11.5 Å². The molecule has 0 fully saturated rings. The summed E-state index contributed by atoms with van der Waals surface area (Å²) in [4.78, 5) is 17.5. The van der Waals surface area contributed by atoms with Crippen molar-refractivity contribution in [3.05, 3.63) is 59.1 Å². The number of benzene rings is 2. The smallest absolute Gasteiger partial charge is 0.338 e. The van der Waals surface area contributed by atoms with Crippen LogP contribution < -0.4 is 0 Å². The fraction of sp³-hybridized carbons (Fsp3) is 0.125. The molecule has 0 bridgehead atoms. The van der Waals surface area contributed by atoms with Crippen LogP contribution in [0, 0.1) is 0 Å². The summed E-state index contributed by atoms with van der Waals surface area (Å²) in [5.74, 6) is -0.318. The zero-order valence-electron chi connectivity index (χ0n) is 11.4. The Balaban J connectivity index is 1.67. The minimum atomic E-state index is -0.318. The minimum absolute atomic E-state index is 0.211. The van der Waals surface area contributed by atoms with Crippen molar-refractivity contribution in [3.63, 3.8) is 0 Å². The lowest BCUT2D eigenvalue weighted by Crippen LogP contribution is -2.04. The zero-order chi connectivity index (χ0) is 14.7. The van der Waals surface area contributed by atoms with Crippen molar-refractivity contribution in [1.29, 1.82) is 0 Å². The third kappa shape index (κ3) is 3.25. The molecule has 2 aromatic carbocycles. The Labute approximate surface area is 131 Å². The molecule has 3 nitrogen and oxygen atoms in total. The van der Waals surface area contributed by atoms with Crippen molar-refractivity contribution in [3.8, 4) is 0 Å². The van der Waals surface area contributed by atoms with Gasteiger partial charge in [-0.25, -0.2) is 9.78 Å². The summed E-state index contributed by atoms with van der Waals surface area (Å²) in [5.41, 5.74) is 1.51. The third-order valence-electron chi connectivity index (χ3n) is 2.99. The molecule has 0 aliphatic heterocycles. The normalized spacial score (nSPS) is 10.7. The van der Waals surface area contributed by atoms with E-state index in [4.69, 9.17) is 4.74 Å². The molecule has 1 aromatic heterocycles. The summed E-state index contributed by atoms with van der Waals surface area (Å²) in [6.07, 6.45) is 2.00. The van der Waals surface area contributed by atoms with E-state index in [1.54, 1.807) is 35.2 Å². The predicted molar refractivity (Wildman–Crippen MR) is 87.0 cm³/mol. The van der Waals surface area contributed by atoms with Crippen LogP contribution in [0.4, 0.5) is 0 Å². The van der Waals surface area contributed by atoms with Gasteiger partial charge in [0.15, 0.2) is 0 Å². The Bertz CT molecular complexity index is 732. The molecule has 0 aliphatic rings. The molecule has 1 heterocycles. The van der Waals surface area contributed by atoms with Crippen LogP contribution in [0.5, 0.6) is 0 Å². The Kier molecular flexibility index (Phi) is 4.22. The number of carbonyl (C=O) groups excluding carboxylic acids is 1. The first-order chi connectivity index (χ1) is 10.3. The second kappa shape index (κ2) is 6.28. The van der Waals surface area contributed by atoms with Gasteiger partial charge in [0, 0.05) is 4.90 Å². The quantitative estimate of drug-likeness (QED) is 0.529. The van der Waals surface area contributed by atoms with Gasteiger partial charge >= 0.3 is 5.97 Å². The van der Waals surface area contributed by atoms with E-state index < -0.39 is 0 Å². The number of para-hydroxylation sites is 1. The van der Waals surface area contributed by atoms with Crippen molar-refractivity contribution in [1.82, 2.24) is 4.98 Å². The van der Waals surface area contributed by atoms with Crippen LogP contribution in [0.3, 0.4) is 0 Å². The van der Waals surface area contributed by atoms with Crippen LogP contribution in [-0.2, 0) is 11.3 Å². The van der Waals surface area contributed by atoms with Crippen molar-refractivity contribution in [2.75, 3.05) is 6.26 Å². The predicted octanol–water partition coefficient (Wildman–Crippen LogP) is 4.38. The maximum atomic E-state index is 12.0. The number of thioether (sulfide) groups is 1. The molecule has 5 heteroatoms. The van der Waals surface area contributed by atoms with Gasteiger partial charge in [0.1, 0.15) is 11.6 Å². The standard InChI is InChI=1S/C16H13NO2S2/c1-20-12-8-6-11(7-9-12)16(18)19-10-15-17-13-4-2-3-5-14(13)21-15/h2-9H,10H2,1H3. The molecule has 0 saturated carbocycles. The zero-order valence-corrected chi connectivity index (χ0v) is 13.0. The van der Waals surface area contributed by atoms with E-state index in [2.05, 4.69) is 4.98 Å². The number of rotatable bonds is 4. The van der Waals surface area contributed by atoms with Crippen molar-refractivity contribution >= 4 is 39.3 Å². The number of hydrogen-bond acceptors (Lipinski definition) is 5. The lowest BCUT2D eigenvalue weighted by atomic mass is 10.2. The lowest BCUT2D eigenvalue weighted by molar-refractivity contribution is 0.0472. The molecule has 21 heavy (non-hydrogen) atoms. The number of ether oxygens (including phenoxy) is 1. The number of fused-ring (bicyclic) bond motifs is 1. The van der Waals surface area contributed by atoms with Gasteiger partial charge in [-0.05, 0) is 42.7 Å². The first kappa shape index (κ1) is 14.1. The Morgan fingerprint density at radius 2 is 1.95 bits per heavy atom. The Hall–Kier alpha value is -1.85. The van der Waals surface area contributed by atoms with Gasteiger partial charge in [0.25, 0.3) is 0 Å². The van der Waals surface area contributed by atoms with E-state index in [1.807, 2.05) is 42.7 Å². The topological polar surface area (TPSA) is 39.2 Å². The van der Waals surface area contributed by atoms with Crippen LogP contribution in [0.25, 0.3) is 10.2 Å². The SMILES string of the molecule is CSc1ccc(C(=O)OCc2nc3ccccc3s2)cc1. The monoisotopic (exact) mass is 315 g/mol. The average molecular weight is 315 g/mol. The van der Waals surface area contributed by atoms with E-state index in [0.29, 0.717) is 5.56 Å². The van der Waals surface area contributed by atoms with Gasteiger partial charge < -0.3 is 4.74 Å². The molecule has 3 rings (SSSR count). The maximum absolute atomic E-state index is 12.0. The molecule has 106 valence electrons. The van der Waals surface area contributed by atoms with E-state index in [9.17, 15) is 4.79 Å². The van der Waals surface area contributed by atoms with Gasteiger partial charge in [-0.15, -0.1) is 23.1 Å². The molecule has 0 amide bonds. The molecule has 0 saturated heterocycles. The molecule has 0 spiro atoms. The van der Waals surface area contributed by atoms with E-state index in [1.165, 1.54) is 0 Å². The first-order valence-corrected chi connectivity index (χ1v) is 8.46. The molecular weight excluding hydrogens is 302 g/mol. The Morgan fingerprint density at radius 1 is 1.19 bits per heavy atom. The number of thiazole rings is 1. The molecule has 0 atom stereocenters. The van der Waals surface area contributed by atoms with E-state index in [0.717, 1.165) is 20.1 Å². The largest absolute Gasteiger partial charge is 0.455 e. The summed E-state index contributed by atoms with van der Waals surface area (Å²) in [6, 6.07) is 15.3. The van der Waals surface area contributed by atoms with Crippen LogP contribution in [0.15, 0.2) is 53.4 Å². The average Bonchev–Trinajstić information content (AvgIpc) is 2.95.